The quantitative estimate of drug-likeness (QED) is 0.0217. The van der Waals surface area contributed by atoms with Gasteiger partial charge < -0.3 is 9.80 Å². The van der Waals surface area contributed by atoms with Gasteiger partial charge in [0.15, 0.2) is 0 Å². The minimum atomic E-state index is -0.0629. The molecule has 0 saturated heterocycles. The van der Waals surface area contributed by atoms with Crippen molar-refractivity contribution in [1.82, 2.24) is 9.80 Å². The van der Waals surface area contributed by atoms with Gasteiger partial charge in [0.25, 0.3) is 11.8 Å². The van der Waals surface area contributed by atoms with Gasteiger partial charge in [0.2, 0.25) is 0 Å². The number of thiophene rings is 4. The van der Waals surface area contributed by atoms with Crippen LogP contribution in [-0.4, -0.2) is 34.7 Å². The number of hydrogen-bond donors (Lipinski definition) is 0. The first-order valence-corrected chi connectivity index (χ1v) is 48.0. The van der Waals surface area contributed by atoms with Crippen LogP contribution in [-0.2, 0) is 22.4 Å². The van der Waals surface area contributed by atoms with Crippen LogP contribution in [0.3, 0.4) is 0 Å². The summed E-state index contributed by atoms with van der Waals surface area (Å²) in [5.41, 5.74) is 9.34. The average molecular weight is 1590 g/mol. The molecule has 2 amide bonds. The summed E-state index contributed by atoms with van der Waals surface area (Å²) in [6.45, 7) is 14.8. The molecule has 0 radical (unpaired) electrons. The second kappa shape index (κ2) is 45.4. The molecular weight excluding hydrogens is 1460 g/mol. The van der Waals surface area contributed by atoms with Crippen LogP contribution >= 0.6 is 45.3 Å². The molecule has 6 aromatic carbocycles. The van der Waals surface area contributed by atoms with E-state index >= 15 is 9.59 Å². The van der Waals surface area contributed by atoms with Gasteiger partial charge in [-0.2, -0.15) is 0 Å². The molecular formula is C106H124N2O2S4. The molecule has 4 aromatic heterocycles. The summed E-state index contributed by atoms with van der Waals surface area (Å²) in [6, 6.07) is 47.7. The molecule has 2 unspecified atom stereocenters. The number of aryl methyl sites for hydroxylation is 2. The van der Waals surface area contributed by atoms with E-state index in [0.717, 1.165) is 173 Å². The van der Waals surface area contributed by atoms with E-state index in [-0.39, 0.29) is 23.7 Å². The first kappa shape index (κ1) is 85.2. The van der Waals surface area contributed by atoms with Gasteiger partial charge in [0.05, 0.1) is 51.8 Å². The predicted octanol–water partition coefficient (Wildman–Crippen LogP) is 30.4. The Kier molecular flexibility index (Phi) is 33.9. The Morgan fingerprint density at radius 2 is 0.561 bits per heavy atom. The Morgan fingerprint density at radius 3 is 0.868 bits per heavy atom. The standard InChI is InChI=1S/C106H124N2O2S4/c1-7-13-19-23-25-27-29-31-33-37-51-81-73-75-111-97(81)71-67-95-89-57-43-39-53-85(89)93(86-54-40-44-58-90(86)95)65-61-83-63-69-99(113-83)103-101-102(106(110)107(103)77-79(47-17-11-5)49-35-21-15-9-3)104(108(105(101)109)78-80(48-18-12-6)50-36-22-16-10-4)100-70-64-84(114-100)62-66-94-87-55-41-45-59-91(87)96(92-60-46-42-56-88(92)94)68-72-98-82(74-76-112-98)52-38-34-32-30-28-26-24-20-14-8-2/h39-46,53-60,63-64,69-70,73-76,79-80H,7-38,47-52,77-78H2,1-6H3. The Hall–Kier alpha value is -8.18. The van der Waals surface area contributed by atoms with E-state index in [9.17, 15) is 0 Å². The monoisotopic (exact) mass is 1580 g/mol. The second-order valence-corrected chi connectivity index (χ2v) is 36.4. The lowest BCUT2D eigenvalue weighted by Gasteiger charge is -2.29. The number of carbonyl (C=O) groups is 2. The molecule has 0 spiro atoms. The summed E-state index contributed by atoms with van der Waals surface area (Å²) < 4.78 is 0. The molecule has 6 heterocycles. The zero-order valence-electron chi connectivity index (χ0n) is 69.6. The van der Waals surface area contributed by atoms with E-state index < -0.39 is 0 Å². The van der Waals surface area contributed by atoms with Crippen LogP contribution in [0.15, 0.2) is 155 Å². The van der Waals surface area contributed by atoms with E-state index in [1.807, 2.05) is 0 Å². The largest absolute Gasteiger partial charge is 0.306 e. The smallest absolute Gasteiger partial charge is 0.261 e. The Morgan fingerprint density at radius 1 is 0.289 bits per heavy atom. The van der Waals surface area contributed by atoms with Crippen LogP contribution in [0.5, 0.6) is 0 Å². The molecule has 0 bridgehead atoms. The number of benzene rings is 6. The first-order chi connectivity index (χ1) is 56.2. The van der Waals surface area contributed by atoms with Gasteiger partial charge in [-0.1, -0.05) is 379 Å². The van der Waals surface area contributed by atoms with Crippen molar-refractivity contribution in [2.75, 3.05) is 13.1 Å². The Labute approximate surface area is 701 Å². The minimum absolute atomic E-state index is 0.0629. The normalized spacial score (nSPS) is 13.3. The highest BCUT2D eigenvalue weighted by Gasteiger charge is 2.50. The number of rotatable bonds is 44. The van der Waals surface area contributed by atoms with Gasteiger partial charge in [-0.05, 0) is 165 Å². The lowest BCUT2D eigenvalue weighted by Crippen LogP contribution is -2.34. The van der Waals surface area contributed by atoms with Crippen molar-refractivity contribution in [2.45, 2.75) is 286 Å². The third-order valence-corrected chi connectivity index (χ3v) is 27.5. The second-order valence-electron chi connectivity index (χ2n) is 32.4. The zero-order chi connectivity index (χ0) is 79.1. The van der Waals surface area contributed by atoms with E-state index in [0.29, 0.717) is 24.2 Å². The van der Waals surface area contributed by atoms with Crippen LogP contribution in [0, 0.1) is 59.2 Å². The molecule has 0 fully saturated rings. The van der Waals surface area contributed by atoms with Crippen LogP contribution in [0.1, 0.15) is 335 Å². The maximum Gasteiger partial charge on any atom is 0.261 e. The molecule has 8 heteroatoms. The molecule has 114 heavy (non-hydrogen) atoms. The highest BCUT2D eigenvalue weighted by molar-refractivity contribution is 7.14. The minimum Gasteiger partial charge on any atom is -0.306 e. The first-order valence-electron chi connectivity index (χ1n) is 44.7. The fraction of sp³-hybridized carbons (Fsp3) is 0.453. The highest BCUT2D eigenvalue weighted by Crippen LogP contribution is 2.50. The summed E-state index contributed by atoms with van der Waals surface area (Å²) in [6.07, 6.45) is 46.6. The predicted molar refractivity (Wildman–Crippen MR) is 496 cm³/mol. The lowest BCUT2D eigenvalue weighted by atomic mass is 9.92. The molecule has 2 aliphatic heterocycles. The van der Waals surface area contributed by atoms with Crippen LogP contribution in [0.25, 0.3) is 54.5 Å². The SMILES string of the molecule is CCCCCCCCCCCCc1ccsc1C#Cc1c2ccccc2c(C#Cc2ccc(C3=C4C(=O)N(CC(CCCC)CCCCCC)C(c5ccc(C#Cc6c7ccccc7c(C#Cc7sccc7CCCCCCCCCCCC)c7ccccc67)s5)=C4C(=O)N3CC(CCCC)CCCCCC)s2)c2ccccc12. The Bertz CT molecular complexity index is 4730. The topological polar surface area (TPSA) is 40.6 Å². The van der Waals surface area contributed by atoms with E-state index in [1.165, 1.54) is 188 Å². The number of unbranched alkanes of at least 4 members (excludes halogenated alkanes) is 26. The summed E-state index contributed by atoms with van der Waals surface area (Å²) in [5.74, 6) is 30.2. The van der Waals surface area contributed by atoms with Crippen LogP contribution < -0.4 is 0 Å². The molecule has 0 N–H and O–H groups in total. The summed E-state index contributed by atoms with van der Waals surface area (Å²) in [4.78, 5) is 42.8. The van der Waals surface area contributed by atoms with Gasteiger partial charge in [-0.3, -0.25) is 9.59 Å². The van der Waals surface area contributed by atoms with E-state index in [2.05, 4.69) is 243 Å². The summed E-state index contributed by atoms with van der Waals surface area (Å²) in [7, 11) is 0. The van der Waals surface area contributed by atoms with Crippen LogP contribution in [0.4, 0.5) is 0 Å². The van der Waals surface area contributed by atoms with Crippen molar-refractivity contribution < 1.29 is 9.59 Å². The average Bonchev–Trinajstić information content (AvgIpc) is 1.54. The van der Waals surface area contributed by atoms with Crippen molar-refractivity contribution in [1.29, 1.82) is 0 Å². The number of fused-ring (bicyclic) bond motifs is 5. The number of nitrogens with zero attached hydrogens (tertiary/aromatic N) is 2. The number of hydrogen-bond acceptors (Lipinski definition) is 6. The van der Waals surface area contributed by atoms with Gasteiger partial charge in [-0.15, -0.1) is 45.3 Å². The molecule has 12 rings (SSSR count). The molecule has 0 saturated carbocycles. The summed E-state index contributed by atoms with van der Waals surface area (Å²) in [5, 5.41) is 13.1. The number of amides is 2. The van der Waals surface area contributed by atoms with Gasteiger partial charge in [0, 0.05) is 35.3 Å². The van der Waals surface area contributed by atoms with Crippen molar-refractivity contribution in [3.05, 3.63) is 218 Å². The zero-order valence-corrected chi connectivity index (χ0v) is 72.9. The van der Waals surface area contributed by atoms with Gasteiger partial charge in [-0.25, -0.2) is 0 Å². The third kappa shape index (κ3) is 22.3. The molecule has 4 nitrogen and oxygen atoms in total. The van der Waals surface area contributed by atoms with Crippen LogP contribution in [0.2, 0.25) is 0 Å². The molecule has 594 valence electrons. The molecule has 2 aliphatic rings. The molecule has 2 atom stereocenters. The highest BCUT2D eigenvalue weighted by atomic mass is 32.1. The lowest BCUT2D eigenvalue weighted by molar-refractivity contribution is -0.124. The maximum atomic E-state index is 16.4. The fourth-order valence-electron chi connectivity index (χ4n) is 17.4. The molecule has 10 aromatic rings. The van der Waals surface area contributed by atoms with Crippen molar-refractivity contribution in [2.24, 2.45) is 11.8 Å². The van der Waals surface area contributed by atoms with Crippen molar-refractivity contribution >= 4 is 112 Å². The Balaban J connectivity index is 0.892. The van der Waals surface area contributed by atoms with Crippen molar-refractivity contribution in [3.8, 4) is 47.4 Å². The fourth-order valence-corrected chi connectivity index (χ4v) is 20.8. The van der Waals surface area contributed by atoms with Gasteiger partial charge >= 0.3 is 0 Å². The van der Waals surface area contributed by atoms with Crippen molar-refractivity contribution in [3.63, 3.8) is 0 Å². The van der Waals surface area contributed by atoms with E-state index in [4.69, 9.17) is 0 Å². The molecule has 0 aliphatic carbocycles. The van der Waals surface area contributed by atoms with E-state index in [1.54, 1.807) is 45.3 Å². The number of carbonyl (C=O) groups excluding carboxylic acids is 2. The van der Waals surface area contributed by atoms with Gasteiger partial charge in [0.1, 0.15) is 0 Å². The third-order valence-electron chi connectivity index (χ3n) is 23.8. The summed E-state index contributed by atoms with van der Waals surface area (Å²) >= 11 is 6.73. The maximum absolute atomic E-state index is 16.4.